The fourth-order valence-electron chi connectivity index (χ4n) is 4.62. The molecule has 8 nitrogen and oxygen atoms in total. The molecule has 1 aliphatic heterocycles. The SMILES string of the molecule is C[C@@H]1Cn2ncc([S@](N)(=O)=NC(=O)Nc3c4c(c(F)c5c3CCC5)CCC4)c2O1. The maximum Gasteiger partial charge on any atom is 0.354 e. The molecule has 10 heteroatoms. The van der Waals surface area contributed by atoms with Crippen LogP contribution in [0.1, 0.15) is 42.0 Å². The van der Waals surface area contributed by atoms with Gasteiger partial charge in [-0.05, 0) is 67.7 Å². The smallest absolute Gasteiger partial charge is 0.354 e. The lowest BCUT2D eigenvalue weighted by Gasteiger charge is -2.16. The van der Waals surface area contributed by atoms with Crippen LogP contribution >= 0.6 is 0 Å². The highest BCUT2D eigenvalue weighted by Crippen LogP contribution is 2.41. The number of urea groups is 1. The van der Waals surface area contributed by atoms with Crippen LogP contribution in [-0.4, -0.2) is 26.1 Å². The van der Waals surface area contributed by atoms with Gasteiger partial charge in [-0.2, -0.15) is 5.10 Å². The third-order valence-electron chi connectivity index (χ3n) is 5.84. The maximum absolute atomic E-state index is 14.8. The second kappa shape index (κ2) is 6.53. The van der Waals surface area contributed by atoms with Crippen molar-refractivity contribution in [1.29, 1.82) is 0 Å². The zero-order valence-corrected chi connectivity index (χ0v) is 16.9. The number of hydrogen-bond acceptors (Lipinski definition) is 4. The van der Waals surface area contributed by atoms with Crippen LogP contribution in [0.4, 0.5) is 14.9 Å². The number of ether oxygens (including phenoxy) is 1. The Morgan fingerprint density at radius 3 is 2.55 bits per heavy atom. The first-order valence-corrected chi connectivity index (χ1v) is 11.4. The molecule has 0 spiro atoms. The van der Waals surface area contributed by atoms with Gasteiger partial charge in [0.1, 0.15) is 16.8 Å². The van der Waals surface area contributed by atoms with Crippen molar-refractivity contribution in [1.82, 2.24) is 9.78 Å². The second-order valence-electron chi connectivity index (χ2n) is 7.82. The van der Waals surface area contributed by atoms with E-state index in [0.29, 0.717) is 49.0 Å². The van der Waals surface area contributed by atoms with Gasteiger partial charge in [0, 0.05) is 5.69 Å². The molecule has 3 N–H and O–H groups in total. The first-order chi connectivity index (χ1) is 13.8. The molecule has 29 heavy (non-hydrogen) atoms. The molecule has 5 rings (SSSR count). The average Bonchev–Trinajstić information content (AvgIpc) is 3.40. The molecule has 1 aromatic heterocycles. The number of hydrogen-bond donors (Lipinski definition) is 2. The molecule has 2 atom stereocenters. The highest BCUT2D eigenvalue weighted by atomic mass is 32.2. The van der Waals surface area contributed by atoms with E-state index in [-0.39, 0.29) is 22.7 Å². The standard InChI is InChI=1S/C19H22FN5O3S/c1-10-9-25-18(28-10)15(8-22-25)29(21,27)24-19(26)23-17-13-6-2-4-11(13)16(20)12-5-3-7-14(12)17/h8,10H,2-7,9H2,1H3,(H3,21,23,24,26,27)/t10-,29-/m1/s1. The van der Waals surface area contributed by atoms with E-state index in [2.05, 4.69) is 14.8 Å². The number of amides is 2. The van der Waals surface area contributed by atoms with Gasteiger partial charge in [-0.15, -0.1) is 4.36 Å². The number of benzene rings is 1. The fraction of sp³-hybridized carbons (Fsp3) is 0.474. The van der Waals surface area contributed by atoms with Crippen molar-refractivity contribution in [3.8, 4) is 5.88 Å². The van der Waals surface area contributed by atoms with Gasteiger partial charge in [-0.3, -0.25) is 0 Å². The third kappa shape index (κ3) is 2.93. The molecular formula is C19H22FN5O3S. The van der Waals surface area contributed by atoms with Crippen LogP contribution in [0, 0.1) is 5.82 Å². The van der Waals surface area contributed by atoms with Crippen LogP contribution in [0.3, 0.4) is 0 Å². The van der Waals surface area contributed by atoms with Crippen molar-refractivity contribution in [3.63, 3.8) is 0 Å². The molecule has 0 saturated carbocycles. The highest BCUT2D eigenvalue weighted by molar-refractivity contribution is 7.91. The van der Waals surface area contributed by atoms with E-state index in [0.717, 1.165) is 24.0 Å². The lowest BCUT2D eigenvalue weighted by Crippen LogP contribution is -2.19. The Morgan fingerprint density at radius 2 is 1.90 bits per heavy atom. The Morgan fingerprint density at radius 1 is 1.28 bits per heavy atom. The Hall–Kier alpha value is -2.46. The van der Waals surface area contributed by atoms with Crippen LogP contribution in [0.15, 0.2) is 15.5 Å². The van der Waals surface area contributed by atoms with E-state index >= 15 is 0 Å². The number of carbonyl (C=O) groups excluding carboxylic acids is 1. The molecule has 0 radical (unpaired) electrons. The van der Waals surface area contributed by atoms with Crippen LogP contribution in [0.25, 0.3) is 0 Å². The van der Waals surface area contributed by atoms with E-state index in [1.165, 1.54) is 6.20 Å². The first kappa shape index (κ1) is 18.6. The molecule has 154 valence electrons. The monoisotopic (exact) mass is 419 g/mol. The topological polar surface area (TPSA) is 112 Å². The summed E-state index contributed by atoms with van der Waals surface area (Å²) in [5.41, 5.74) is 3.66. The van der Waals surface area contributed by atoms with E-state index in [9.17, 15) is 13.4 Å². The van der Waals surface area contributed by atoms with Crippen LogP contribution < -0.4 is 15.2 Å². The Balaban J connectivity index is 1.50. The fourth-order valence-corrected chi connectivity index (χ4v) is 5.61. The summed E-state index contributed by atoms with van der Waals surface area (Å²) >= 11 is 0. The number of carbonyl (C=O) groups is 1. The van der Waals surface area contributed by atoms with Gasteiger partial charge >= 0.3 is 6.03 Å². The third-order valence-corrected chi connectivity index (χ3v) is 7.18. The van der Waals surface area contributed by atoms with Crippen molar-refractivity contribution in [2.45, 2.75) is 63.0 Å². The van der Waals surface area contributed by atoms with Gasteiger partial charge in [0.05, 0.1) is 12.7 Å². The number of anilines is 1. The zero-order chi connectivity index (χ0) is 20.3. The molecule has 0 fully saturated rings. The summed E-state index contributed by atoms with van der Waals surface area (Å²) in [6, 6.07) is -0.807. The number of halogens is 1. The number of fused-ring (bicyclic) bond motifs is 3. The molecule has 3 aliphatic rings. The lowest BCUT2D eigenvalue weighted by atomic mass is 9.98. The molecular weight excluding hydrogens is 397 g/mol. The number of nitrogens with zero attached hydrogens (tertiary/aromatic N) is 3. The van der Waals surface area contributed by atoms with Crippen LogP contribution in [0.2, 0.25) is 0 Å². The number of nitrogens with one attached hydrogen (secondary N) is 1. The van der Waals surface area contributed by atoms with Crippen molar-refractivity contribution in [2.24, 2.45) is 9.50 Å². The molecule has 2 amide bonds. The van der Waals surface area contributed by atoms with Gasteiger partial charge in [0.25, 0.3) is 0 Å². The number of nitrogens with two attached hydrogens (primary N) is 1. The molecule has 0 saturated heterocycles. The lowest BCUT2D eigenvalue weighted by molar-refractivity contribution is 0.248. The average molecular weight is 419 g/mol. The minimum absolute atomic E-state index is 0.103. The Bertz CT molecular complexity index is 1130. The summed E-state index contributed by atoms with van der Waals surface area (Å²) in [7, 11) is -3.54. The van der Waals surface area contributed by atoms with E-state index in [1.807, 2.05) is 6.92 Å². The summed E-state index contributed by atoms with van der Waals surface area (Å²) in [4.78, 5) is 12.8. The van der Waals surface area contributed by atoms with E-state index in [1.54, 1.807) is 4.68 Å². The van der Waals surface area contributed by atoms with E-state index in [4.69, 9.17) is 9.88 Å². The van der Waals surface area contributed by atoms with Crippen molar-refractivity contribution < 1.29 is 18.1 Å². The van der Waals surface area contributed by atoms with Crippen LogP contribution in [0.5, 0.6) is 5.88 Å². The Kier molecular flexibility index (Phi) is 4.18. The predicted molar refractivity (Wildman–Crippen MR) is 105 cm³/mol. The predicted octanol–water partition coefficient (Wildman–Crippen LogP) is 2.71. The highest BCUT2D eigenvalue weighted by Gasteiger charge is 2.31. The summed E-state index contributed by atoms with van der Waals surface area (Å²) in [6.45, 7) is 2.38. The first-order valence-electron chi connectivity index (χ1n) is 9.78. The molecule has 2 aliphatic carbocycles. The molecule has 0 bridgehead atoms. The van der Waals surface area contributed by atoms with E-state index < -0.39 is 15.9 Å². The quantitative estimate of drug-likeness (QED) is 0.779. The normalized spacial score (nSPS) is 21.1. The number of rotatable bonds is 2. The van der Waals surface area contributed by atoms with Gasteiger partial charge in [-0.25, -0.2) is 23.2 Å². The molecule has 2 heterocycles. The minimum Gasteiger partial charge on any atom is -0.472 e. The van der Waals surface area contributed by atoms with Gasteiger partial charge < -0.3 is 10.1 Å². The number of aromatic nitrogens is 2. The second-order valence-corrected chi connectivity index (χ2v) is 9.58. The van der Waals surface area contributed by atoms with Crippen molar-refractivity contribution >= 4 is 21.6 Å². The zero-order valence-electron chi connectivity index (χ0n) is 16.0. The molecule has 2 aromatic rings. The van der Waals surface area contributed by atoms with Crippen molar-refractivity contribution in [3.05, 3.63) is 34.3 Å². The van der Waals surface area contributed by atoms with Crippen LogP contribution in [-0.2, 0) is 42.1 Å². The van der Waals surface area contributed by atoms with Gasteiger partial charge in [-0.1, -0.05) is 0 Å². The molecule has 1 aromatic carbocycles. The summed E-state index contributed by atoms with van der Waals surface area (Å²) < 4.78 is 38.7. The summed E-state index contributed by atoms with van der Waals surface area (Å²) in [6.07, 6.45) is 5.65. The van der Waals surface area contributed by atoms with Gasteiger partial charge in [0.2, 0.25) is 5.88 Å². The van der Waals surface area contributed by atoms with Crippen molar-refractivity contribution in [2.75, 3.05) is 5.32 Å². The molecule has 0 unspecified atom stereocenters. The summed E-state index contributed by atoms with van der Waals surface area (Å²) in [5, 5.41) is 12.8. The maximum atomic E-state index is 14.8. The largest absolute Gasteiger partial charge is 0.472 e. The minimum atomic E-state index is -3.54. The summed E-state index contributed by atoms with van der Waals surface area (Å²) in [5.74, 6) is 0.161. The van der Waals surface area contributed by atoms with Gasteiger partial charge in [0.15, 0.2) is 9.92 Å². The Labute approximate surface area is 167 Å².